The summed E-state index contributed by atoms with van der Waals surface area (Å²) in [7, 11) is 1.53. The van der Waals surface area contributed by atoms with Crippen LogP contribution in [0.2, 0.25) is 0 Å². The van der Waals surface area contributed by atoms with Crippen molar-refractivity contribution >= 4 is 34.1 Å². The van der Waals surface area contributed by atoms with E-state index in [2.05, 4.69) is 30.8 Å². The van der Waals surface area contributed by atoms with E-state index in [0.717, 1.165) is 45.2 Å². The van der Waals surface area contributed by atoms with Gasteiger partial charge in [0.2, 0.25) is 17.7 Å². The average Bonchev–Trinajstić information content (AvgIpc) is 3.77. The first-order valence-electron chi connectivity index (χ1n) is 15.5. The molecule has 6 rings (SSSR count). The van der Waals surface area contributed by atoms with Gasteiger partial charge < -0.3 is 35.1 Å². The van der Waals surface area contributed by atoms with Crippen molar-refractivity contribution in [3.05, 3.63) is 72.6 Å². The molecular formula is C34H36F2N6O5. The standard InChI is InChI=1S/C34H36F2N6O5/c1-21-19-34(21,32(43)40-23-6-4-22(35)5-7-23)33(44)41-24-8-9-28(26(36)16-24)47-31-25-17-29(45-2)30(18-27(25)38-20-39-31)46-15-3-12-42-13-10-37-11-14-42/h4-9,16-18,20-21,37H,3,10-15,19H2,1-2H3,(H,40,43)(H,41,44)/t21-,34-/m1/s1. The Labute approximate surface area is 270 Å². The quantitative estimate of drug-likeness (QED) is 0.144. The second-order valence-corrected chi connectivity index (χ2v) is 11.7. The zero-order valence-electron chi connectivity index (χ0n) is 26.1. The van der Waals surface area contributed by atoms with E-state index >= 15 is 4.39 Å². The van der Waals surface area contributed by atoms with Crippen LogP contribution in [-0.4, -0.2) is 73.1 Å². The monoisotopic (exact) mass is 646 g/mol. The second kappa shape index (κ2) is 13.9. The normalized spacial score (nSPS) is 19.2. The number of fused-ring (bicyclic) bond motifs is 1. The number of hydrogen-bond acceptors (Lipinski definition) is 9. The maximum Gasteiger partial charge on any atom is 0.240 e. The van der Waals surface area contributed by atoms with E-state index in [1.165, 1.54) is 49.8 Å². The van der Waals surface area contributed by atoms with Gasteiger partial charge in [0, 0.05) is 56.2 Å². The molecule has 2 atom stereocenters. The van der Waals surface area contributed by atoms with Crippen LogP contribution in [0, 0.1) is 23.0 Å². The topological polar surface area (TPSA) is 127 Å². The van der Waals surface area contributed by atoms with Gasteiger partial charge in [0.25, 0.3) is 0 Å². The lowest BCUT2D eigenvalue weighted by Gasteiger charge is -2.27. The van der Waals surface area contributed by atoms with E-state index in [1.54, 1.807) is 19.1 Å². The van der Waals surface area contributed by atoms with Crippen LogP contribution in [0.1, 0.15) is 19.8 Å². The third-order valence-corrected chi connectivity index (χ3v) is 8.59. The fraction of sp³-hybridized carbons (Fsp3) is 0.353. The van der Waals surface area contributed by atoms with Crippen molar-refractivity contribution in [3.8, 4) is 23.1 Å². The Morgan fingerprint density at radius 3 is 2.34 bits per heavy atom. The molecule has 13 heteroatoms. The molecule has 2 amide bonds. The third-order valence-electron chi connectivity index (χ3n) is 8.59. The summed E-state index contributed by atoms with van der Waals surface area (Å²) in [5, 5.41) is 9.17. The minimum Gasteiger partial charge on any atom is -0.493 e. The Kier molecular flexibility index (Phi) is 9.45. The number of hydrogen-bond donors (Lipinski definition) is 3. The highest BCUT2D eigenvalue weighted by molar-refractivity contribution is 6.17. The Bertz CT molecular complexity index is 1770. The van der Waals surface area contributed by atoms with Crippen LogP contribution >= 0.6 is 0 Å². The fourth-order valence-electron chi connectivity index (χ4n) is 5.74. The Balaban J connectivity index is 1.11. The number of nitrogens with one attached hydrogen (secondary N) is 3. The van der Waals surface area contributed by atoms with Gasteiger partial charge in [-0.2, -0.15) is 0 Å². The minimum atomic E-state index is -1.33. The lowest BCUT2D eigenvalue weighted by molar-refractivity contribution is -0.131. The van der Waals surface area contributed by atoms with Crippen LogP contribution in [0.4, 0.5) is 20.2 Å². The van der Waals surface area contributed by atoms with Gasteiger partial charge in [-0.05, 0) is 61.2 Å². The van der Waals surface area contributed by atoms with Crippen LogP contribution < -0.4 is 30.2 Å². The van der Waals surface area contributed by atoms with E-state index in [-0.39, 0.29) is 23.2 Å². The van der Waals surface area contributed by atoms with Crippen LogP contribution in [-0.2, 0) is 9.59 Å². The number of amides is 2. The molecule has 1 saturated carbocycles. The summed E-state index contributed by atoms with van der Waals surface area (Å²) in [5.41, 5.74) is -0.275. The molecule has 3 aromatic carbocycles. The molecule has 0 spiro atoms. The predicted octanol–water partition coefficient (Wildman–Crippen LogP) is 4.99. The number of nitrogens with zero attached hydrogens (tertiary/aromatic N) is 3. The van der Waals surface area contributed by atoms with Crippen molar-refractivity contribution in [2.24, 2.45) is 11.3 Å². The Morgan fingerprint density at radius 2 is 1.66 bits per heavy atom. The summed E-state index contributed by atoms with van der Waals surface area (Å²) in [6.07, 6.45) is 2.50. The number of aromatic nitrogens is 2. The van der Waals surface area contributed by atoms with Crippen molar-refractivity contribution in [1.29, 1.82) is 0 Å². The number of halogens is 2. The summed E-state index contributed by atoms with van der Waals surface area (Å²) in [6.45, 7) is 7.27. The zero-order valence-corrected chi connectivity index (χ0v) is 26.1. The zero-order chi connectivity index (χ0) is 33.0. The maximum atomic E-state index is 15.3. The van der Waals surface area contributed by atoms with Crippen molar-refractivity contribution < 1.29 is 32.6 Å². The Hall–Kier alpha value is -4.88. The maximum absolute atomic E-state index is 15.3. The lowest BCUT2D eigenvalue weighted by atomic mass is 10.0. The first-order chi connectivity index (χ1) is 22.8. The summed E-state index contributed by atoms with van der Waals surface area (Å²) >= 11 is 0. The highest BCUT2D eigenvalue weighted by Crippen LogP contribution is 2.53. The molecule has 47 heavy (non-hydrogen) atoms. The van der Waals surface area contributed by atoms with Gasteiger partial charge in [-0.3, -0.25) is 9.59 Å². The molecule has 0 unspecified atom stereocenters. The van der Waals surface area contributed by atoms with Crippen LogP contribution in [0.3, 0.4) is 0 Å². The molecular weight excluding hydrogens is 610 g/mol. The predicted molar refractivity (Wildman–Crippen MR) is 172 cm³/mol. The molecule has 11 nitrogen and oxygen atoms in total. The highest BCUT2D eigenvalue weighted by atomic mass is 19.1. The molecule has 1 saturated heterocycles. The summed E-state index contributed by atoms with van der Waals surface area (Å²) < 4.78 is 46.0. The van der Waals surface area contributed by atoms with Gasteiger partial charge in [-0.25, -0.2) is 18.7 Å². The molecule has 1 aliphatic heterocycles. The van der Waals surface area contributed by atoms with Crippen molar-refractivity contribution in [2.75, 3.05) is 57.1 Å². The first-order valence-corrected chi connectivity index (χ1v) is 15.5. The molecule has 0 bridgehead atoms. The van der Waals surface area contributed by atoms with Crippen LogP contribution in [0.25, 0.3) is 10.9 Å². The number of anilines is 2. The van der Waals surface area contributed by atoms with E-state index in [9.17, 15) is 14.0 Å². The summed E-state index contributed by atoms with van der Waals surface area (Å²) in [4.78, 5) is 37.2. The SMILES string of the molecule is COc1cc2c(Oc3ccc(NC(=O)[C@]4(C(=O)Nc5ccc(F)cc5)C[C@H]4C)cc3F)ncnc2cc1OCCCN1CCNCC1. The molecule has 1 aromatic heterocycles. The highest BCUT2D eigenvalue weighted by Gasteiger charge is 2.63. The molecule has 246 valence electrons. The molecule has 2 heterocycles. The number of methoxy groups -OCH3 is 1. The average molecular weight is 647 g/mol. The van der Waals surface area contributed by atoms with Gasteiger partial charge >= 0.3 is 0 Å². The molecule has 2 fully saturated rings. The smallest absolute Gasteiger partial charge is 0.240 e. The van der Waals surface area contributed by atoms with Gasteiger partial charge in [0.05, 0.1) is 24.6 Å². The molecule has 3 N–H and O–H groups in total. The lowest BCUT2D eigenvalue weighted by Crippen LogP contribution is -2.43. The van der Waals surface area contributed by atoms with E-state index in [0.29, 0.717) is 41.1 Å². The summed E-state index contributed by atoms with van der Waals surface area (Å²) in [5.74, 6) is -1.52. The number of carbonyl (C=O) groups excluding carboxylic acids is 2. The first kappa shape index (κ1) is 32.1. The largest absolute Gasteiger partial charge is 0.493 e. The number of rotatable bonds is 12. The summed E-state index contributed by atoms with van der Waals surface area (Å²) in [6, 6.07) is 12.7. The Morgan fingerprint density at radius 1 is 0.957 bits per heavy atom. The van der Waals surface area contributed by atoms with Crippen LogP contribution in [0.15, 0.2) is 60.9 Å². The molecule has 0 radical (unpaired) electrons. The van der Waals surface area contributed by atoms with E-state index in [4.69, 9.17) is 14.2 Å². The number of piperazine rings is 1. The van der Waals surface area contributed by atoms with Gasteiger partial charge in [-0.15, -0.1) is 0 Å². The van der Waals surface area contributed by atoms with Crippen LogP contribution in [0.5, 0.6) is 23.1 Å². The minimum absolute atomic E-state index is 0.109. The number of ether oxygens (including phenoxy) is 3. The fourth-order valence-corrected chi connectivity index (χ4v) is 5.74. The molecule has 4 aromatic rings. The number of benzene rings is 3. The van der Waals surface area contributed by atoms with Crippen molar-refractivity contribution in [3.63, 3.8) is 0 Å². The third kappa shape index (κ3) is 7.10. The van der Waals surface area contributed by atoms with E-state index in [1.807, 2.05) is 0 Å². The molecule has 2 aliphatic rings. The second-order valence-electron chi connectivity index (χ2n) is 11.7. The van der Waals surface area contributed by atoms with Gasteiger partial charge in [0.15, 0.2) is 23.1 Å². The van der Waals surface area contributed by atoms with E-state index < -0.39 is 28.9 Å². The van der Waals surface area contributed by atoms with Crippen molar-refractivity contribution in [2.45, 2.75) is 19.8 Å². The van der Waals surface area contributed by atoms with Crippen molar-refractivity contribution in [1.82, 2.24) is 20.2 Å². The van der Waals surface area contributed by atoms with Gasteiger partial charge in [-0.1, -0.05) is 6.92 Å². The number of carbonyl (C=O) groups is 2. The van der Waals surface area contributed by atoms with Gasteiger partial charge in [0.1, 0.15) is 17.6 Å². The molecule has 1 aliphatic carbocycles.